The van der Waals surface area contributed by atoms with Crippen LogP contribution < -0.4 is 5.32 Å². The molecular weight excluding hydrogens is 232 g/mol. The van der Waals surface area contributed by atoms with Crippen LogP contribution >= 0.6 is 0 Å². The van der Waals surface area contributed by atoms with Gasteiger partial charge < -0.3 is 15.0 Å². The number of hydrogen-bond donors (Lipinski definition) is 1. The molecule has 0 heterocycles. The molecule has 0 aliphatic carbocycles. The number of carbonyl (C=O) groups excluding carboxylic acids is 3. The number of ketones is 1. The molecule has 1 aromatic carbocycles. The number of urea groups is 1. The number of nitrogens with one attached hydrogen (secondary N) is 1. The molecule has 0 saturated carbocycles. The van der Waals surface area contributed by atoms with Gasteiger partial charge in [-0.2, -0.15) is 0 Å². The van der Waals surface area contributed by atoms with E-state index >= 15 is 0 Å². The van der Waals surface area contributed by atoms with Crippen molar-refractivity contribution in [2.45, 2.75) is 13.5 Å². The van der Waals surface area contributed by atoms with Crippen LogP contribution in [0.2, 0.25) is 0 Å². The monoisotopic (exact) mass is 248 g/mol. The molecule has 5 heteroatoms. The molecular formula is C13H16N2O3. The minimum atomic E-state index is -0.324. The van der Waals surface area contributed by atoms with Crippen molar-refractivity contribution in [2.24, 2.45) is 0 Å². The van der Waals surface area contributed by atoms with Crippen LogP contribution in [0.4, 0.5) is 4.79 Å². The summed E-state index contributed by atoms with van der Waals surface area (Å²) in [5, 5.41) is 2.47. The van der Waals surface area contributed by atoms with E-state index in [0.29, 0.717) is 18.4 Å². The molecule has 0 aliphatic rings. The summed E-state index contributed by atoms with van der Waals surface area (Å²) in [6.45, 7) is 1.80. The van der Waals surface area contributed by atoms with Gasteiger partial charge in [0.05, 0.1) is 6.54 Å². The lowest BCUT2D eigenvalue weighted by Crippen LogP contribution is -2.38. The molecule has 1 N–H and O–H groups in total. The zero-order valence-electron chi connectivity index (χ0n) is 10.5. The Balaban J connectivity index is 2.86. The Morgan fingerprint density at radius 3 is 2.67 bits per heavy atom. The van der Waals surface area contributed by atoms with E-state index in [1.165, 1.54) is 18.9 Å². The Hall–Kier alpha value is -2.17. The van der Waals surface area contributed by atoms with Crippen LogP contribution in [0.5, 0.6) is 0 Å². The van der Waals surface area contributed by atoms with Crippen LogP contribution in [-0.4, -0.2) is 36.6 Å². The highest BCUT2D eigenvalue weighted by atomic mass is 16.2. The molecule has 0 unspecified atom stereocenters. The zero-order chi connectivity index (χ0) is 13.5. The summed E-state index contributed by atoms with van der Waals surface area (Å²) < 4.78 is 0. The lowest BCUT2D eigenvalue weighted by molar-refractivity contribution is -0.108. The number of aldehydes is 1. The van der Waals surface area contributed by atoms with Crippen LogP contribution in [0.3, 0.4) is 0 Å². The van der Waals surface area contributed by atoms with Crippen LogP contribution in [0.1, 0.15) is 22.8 Å². The van der Waals surface area contributed by atoms with Crippen molar-refractivity contribution >= 4 is 18.1 Å². The number of nitrogens with zero attached hydrogens (tertiary/aromatic N) is 1. The number of amides is 2. The van der Waals surface area contributed by atoms with E-state index in [1.54, 1.807) is 18.2 Å². The molecule has 1 aromatic rings. The fourth-order valence-electron chi connectivity index (χ4n) is 1.58. The summed E-state index contributed by atoms with van der Waals surface area (Å²) in [6, 6.07) is 6.69. The Morgan fingerprint density at radius 1 is 1.39 bits per heavy atom. The van der Waals surface area contributed by atoms with Crippen LogP contribution in [-0.2, 0) is 11.3 Å². The first-order chi connectivity index (χ1) is 8.58. The molecule has 0 aromatic heterocycles. The molecule has 0 fully saturated rings. The molecule has 96 valence electrons. The molecule has 2 amide bonds. The number of hydrogen-bond acceptors (Lipinski definition) is 3. The third kappa shape index (κ3) is 3.69. The Bertz CT molecular complexity index is 457. The summed E-state index contributed by atoms with van der Waals surface area (Å²) in [4.78, 5) is 34.7. The second-order valence-corrected chi connectivity index (χ2v) is 3.86. The van der Waals surface area contributed by atoms with Gasteiger partial charge in [0.1, 0.15) is 6.29 Å². The van der Waals surface area contributed by atoms with E-state index in [9.17, 15) is 14.4 Å². The van der Waals surface area contributed by atoms with E-state index in [-0.39, 0.29) is 18.4 Å². The minimum absolute atomic E-state index is 0.0178. The molecule has 1 rings (SSSR count). The van der Waals surface area contributed by atoms with Gasteiger partial charge in [-0.1, -0.05) is 18.2 Å². The maximum atomic E-state index is 11.5. The third-order valence-electron chi connectivity index (χ3n) is 2.50. The second kappa shape index (κ2) is 6.54. The largest absolute Gasteiger partial charge is 0.341 e. The predicted octanol–water partition coefficient (Wildman–Crippen LogP) is 1.23. The topological polar surface area (TPSA) is 66.5 Å². The van der Waals surface area contributed by atoms with Crippen molar-refractivity contribution in [3.8, 4) is 0 Å². The van der Waals surface area contributed by atoms with Gasteiger partial charge in [-0.25, -0.2) is 4.79 Å². The van der Waals surface area contributed by atoms with E-state index in [1.807, 2.05) is 6.07 Å². The first-order valence-corrected chi connectivity index (χ1v) is 5.58. The lowest BCUT2D eigenvalue weighted by atomic mass is 10.1. The number of Topliss-reactive ketones (excluding diaryl/α,β-unsaturated/α-hetero) is 1. The lowest BCUT2D eigenvalue weighted by Gasteiger charge is -2.19. The van der Waals surface area contributed by atoms with Crippen LogP contribution in [0.15, 0.2) is 24.3 Å². The summed E-state index contributed by atoms with van der Waals surface area (Å²) in [5.41, 5.74) is 1.41. The quantitative estimate of drug-likeness (QED) is 0.629. The van der Waals surface area contributed by atoms with Crippen molar-refractivity contribution in [3.05, 3.63) is 35.4 Å². The zero-order valence-corrected chi connectivity index (χ0v) is 10.5. The van der Waals surface area contributed by atoms with E-state index in [4.69, 9.17) is 0 Å². The van der Waals surface area contributed by atoms with Crippen molar-refractivity contribution < 1.29 is 14.4 Å². The summed E-state index contributed by atoms with van der Waals surface area (Å²) in [6.07, 6.45) is 0.671. The number of carbonyl (C=O) groups is 3. The second-order valence-electron chi connectivity index (χ2n) is 3.86. The smallest absolute Gasteiger partial charge is 0.317 e. The van der Waals surface area contributed by atoms with Crippen molar-refractivity contribution in [1.29, 1.82) is 0 Å². The van der Waals surface area contributed by atoms with Gasteiger partial charge in [0.2, 0.25) is 0 Å². The number of benzene rings is 1. The van der Waals surface area contributed by atoms with Gasteiger partial charge in [-0.05, 0) is 18.6 Å². The molecule has 18 heavy (non-hydrogen) atoms. The van der Waals surface area contributed by atoms with Crippen LogP contribution in [0, 0.1) is 0 Å². The fourth-order valence-corrected chi connectivity index (χ4v) is 1.58. The van der Waals surface area contributed by atoms with Crippen molar-refractivity contribution in [2.75, 3.05) is 13.6 Å². The molecule has 0 aliphatic heterocycles. The first kappa shape index (κ1) is 13.9. The van der Waals surface area contributed by atoms with E-state index < -0.39 is 0 Å². The molecule has 0 saturated heterocycles. The minimum Gasteiger partial charge on any atom is -0.341 e. The SMILES string of the molecule is CNC(=O)N(CC=O)Cc1cccc(C(C)=O)c1. The average Bonchev–Trinajstić information content (AvgIpc) is 2.37. The van der Waals surface area contributed by atoms with Crippen molar-refractivity contribution in [3.63, 3.8) is 0 Å². The standard InChI is InChI=1S/C13H16N2O3/c1-10(17)12-5-3-4-11(8-12)9-15(6-7-16)13(18)14-2/h3-5,7-8H,6,9H2,1-2H3,(H,14,18). The highest BCUT2D eigenvalue weighted by Gasteiger charge is 2.12. The van der Waals surface area contributed by atoms with Gasteiger partial charge in [0, 0.05) is 19.2 Å². The predicted molar refractivity (Wildman–Crippen MR) is 67.4 cm³/mol. The third-order valence-corrected chi connectivity index (χ3v) is 2.50. The fraction of sp³-hybridized carbons (Fsp3) is 0.308. The highest BCUT2D eigenvalue weighted by Crippen LogP contribution is 2.09. The summed E-state index contributed by atoms with van der Waals surface area (Å²) >= 11 is 0. The Kier molecular flexibility index (Phi) is 5.05. The molecule has 5 nitrogen and oxygen atoms in total. The Labute approximate surface area is 106 Å². The maximum Gasteiger partial charge on any atom is 0.317 e. The van der Waals surface area contributed by atoms with Gasteiger partial charge >= 0.3 is 6.03 Å². The molecule has 0 atom stereocenters. The van der Waals surface area contributed by atoms with Gasteiger partial charge in [0.25, 0.3) is 0 Å². The number of rotatable bonds is 5. The van der Waals surface area contributed by atoms with Crippen molar-refractivity contribution in [1.82, 2.24) is 10.2 Å². The van der Waals surface area contributed by atoms with Crippen LogP contribution in [0.25, 0.3) is 0 Å². The van der Waals surface area contributed by atoms with Gasteiger partial charge in [0.15, 0.2) is 5.78 Å². The molecule has 0 bridgehead atoms. The van der Waals surface area contributed by atoms with E-state index in [0.717, 1.165) is 5.56 Å². The first-order valence-electron chi connectivity index (χ1n) is 5.58. The highest BCUT2D eigenvalue weighted by molar-refractivity contribution is 5.94. The maximum absolute atomic E-state index is 11.5. The van der Waals surface area contributed by atoms with E-state index in [2.05, 4.69) is 5.32 Å². The Morgan fingerprint density at radius 2 is 2.11 bits per heavy atom. The van der Waals surface area contributed by atoms with Gasteiger partial charge in [-0.15, -0.1) is 0 Å². The molecule has 0 radical (unpaired) electrons. The molecule has 0 spiro atoms. The normalized spacial score (nSPS) is 9.67. The summed E-state index contributed by atoms with van der Waals surface area (Å²) in [7, 11) is 1.51. The summed E-state index contributed by atoms with van der Waals surface area (Å²) in [5.74, 6) is -0.0290. The average molecular weight is 248 g/mol. The van der Waals surface area contributed by atoms with Gasteiger partial charge in [-0.3, -0.25) is 4.79 Å².